The van der Waals surface area contributed by atoms with Crippen molar-refractivity contribution < 1.29 is 23.5 Å². The predicted molar refractivity (Wildman–Crippen MR) is 142 cm³/mol. The van der Waals surface area contributed by atoms with E-state index in [1.165, 1.54) is 12.1 Å². The van der Waals surface area contributed by atoms with E-state index < -0.39 is 23.6 Å². The Labute approximate surface area is 220 Å². The van der Waals surface area contributed by atoms with E-state index in [0.717, 1.165) is 33.1 Å². The van der Waals surface area contributed by atoms with Gasteiger partial charge in [-0.2, -0.15) is 0 Å². The van der Waals surface area contributed by atoms with Gasteiger partial charge in [0.05, 0.1) is 4.91 Å². The summed E-state index contributed by atoms with van der Waals surface area (Å²) >= 11 is 4.15. The third kappa shape index (κ3) is 6.22. The van der Waals surface area contributed by atoms with Gasteiger partial charge in [-0.1, -0.05) is 53.2 Å². The van der Waals surface area contributed by atoms with Crippen molar-refractivity contribution in [3.63, 3.8) is 0 Å². The number of thioether (sulfide) groups is 1. The first-order valence-corrected chi connectivity index (χ1v) is 12.7. The summed E-state index contributed by atoms with van der Waals surface area (Å²) in [6.45, 7) is 1.63. The SMILES string of the molecule is CCc1ccc(NC(=O)CN2C(=O)S/C(=C\c3cc(Br)ccc3OCc3ccccc3F)C2=O)cc1. The van der Waals surface area contributed by atoms with Crippen LogP contribution in [0.4, 0.5) is 14.9 Å². The van der Waals surface area contributed by atoms with Gasteiger partial charge in [0.15, 0.2) is 0 Å². The predicted octanol–water partition coefficient (Wildman–Crippen LogP) is 6.40. The first-order chi connectivity index (χ1) is 17.3. The summed E-state index contributed by atoms with van der Waals surface area (Å²) in [6, 6.07) is 18.9. The van der Waals surface area contributed by atoms with Gasteiger partial charge in [-0.05, 0) is 66.2 Å². The van der Waals surface area contributed by atoms with Crippen LogP contribution >= 0.6 is 27.7 Å². The van der Waals surface area contributed by atoms with Gasteiger partial charge in [0.25, 0.3) is 11.1 Å². The molecule has 1 aliphatic rings. The van der Waals surface area contributed by atoms with Crippen molar-refractivity contribution in [3.05, 3.63) is 98.6 Å². The molecule has 0 atom stereocenters. The number of aryl methyl sites for hydroxylation is 1. The van der Waals surface area contributed by atoms with Gasteiger partial charge in [-0.3, -0.25) is 19.3 Å². The summed E-state index contributed by atoms with van der Waals surface area (Å²) in [6.07, 6.45) is 2.42. The lowest BCUT2D eigenvalue weighted by molar-refractivity contribution is -0.127. The number of carbonyl (C=O) groups excluding carboxylic acids is 3. The first-order valence-electron chi connectivity index (χ1n) is 11.1. The number of amides is 3. The maximum atomic E-state index is 14.0. The summed E-state index contributed by atoms with van der Waals surface area (Å²) in [7, 11) is 0. The molecule has 0 unspecified atom stereocenters. The zero-order valence-corrected chi connectivity index (χ0v) is 21.7. The third-order valence-electron chi connectivity index (χ3n) is 5.42. The van der Waals surface area contributed by atoms with Gasteiger partial charge in [0.1, 0.15) is 24.7 Å². The van der Waals surface area contributed by atoms with E-state index >= 15 is 0 Å². The fourth-order valence-corrected chi connectivity index (χ4v) is 4.69. The number of nitrogens with one attached hydrogen (secondary N) is 1. The second-order valence-corrected chi connectivity index (χ2v) is 9.84. The van der Waals surface area contributed by atoms with Gasteiger partial charge in [-0.25, -0.2) is 4.39 Å². The summed E-state index contributed by atoms with van der Waals surface area (Å²) in [4.78, 5) is 39.0. The van der Waals surface area contributed by atoms with Gasteiger partial charge in [-0.15, -0.1) is 0 Å². The van der Waals surface area contributed by atoms with Gasteiger partial charge in [0.2, 0.25) is 5.91 Å². The van der Waals surface area contributed by atoms with Gasteiger partial charge in [0, 0.05) is 21.3 Å². The Morgan fingerprint density at radius 2 is 1.86 bits per heavy atom. The molecule has 0 bridgehead atoms. The van der Waals surface area contributed by atoms with Crippen LogP contribution in [0, 0.1) is 5.82 Å². The Bertz CT molecular complexity index is 1340. The number of imide groups is 1. The molecule has 0 aliphatic carbocycles. The molecule has 3 amide bonds. The molecule has 36 heavy (non-hydrogen) atoms. The largest absolute Gasteiger partial charge is 0.488 e. The Morgan fingerprint density at radius 3 is 2.58 bits per heavy atom. The summed E-state index contributed by atoms with van der Waals surface area (Å²) in [5, 5.41) is 2.17. The lowest BCUT2D eigenvalue weighted by atomic mass is 10.1. The molecule has 0 aromatic heterocycles. The number of hydrogen-bond donors (Lipinski definition) is 1. The highest BCUT2D eigenvalue weighted by Crippen LogP contribution is 2.35. The number of carbonyl (C=O) groups is 3. The van der Waals surface area contributed by atoms with Crippen molar-refractivity contribution in [3.8, 4) is 5.75 Å². The third-order valence-corrected chi connectivity index (χ3v) is 6.82. The number of anilines is 1. The fraction of sp³-hybridized carbons (Fsp3) is 0.148. The molecule has 0 saturated carbocycles. The number of nitrogens with zero attached hydrogens (tertiary/aromatic N) is 1. The lowest BCUT2D eigenvalue weighted by Gasteiger charge is -2.13. The maximum absolute atomic E-state index is 14.0. The smallest absolute Gasteiger partial charge is 0.294 e. The number of hydrogen-bond acceptors (Lipinski definition) is 5. The molecular weight excluding hydrogens is 547 g/mol. The minimum absolute atomic E-state index is 0.00394. The van der Waals surface area contributed by atoms with E-state index in [1.54, 1.807) is 48.5 Å². The Hall–Kier alpha value is -3.43. The molecule has 1 aliphatic heterocycles. The molecule has 9 heteroatoms. The van der Waals surface area contributed by atoms with Crippen LogP contribution in [0.25, 0.3) is 6.08 Å². The van der Waals surface area contributed by atoms with E-state index in [-0.39, 0.29) is 17.3 Å². The average molecular weight is 569 g/mol. The van der Waals surface area contributed by atoms with Crippen LogP contribution in [0.1, 0.15) is 23.6 Å². The standard InChI is InChI=1S/C27H22BrFN2O4S/c1-2-17-7-10-21(11-8-17)30-25(32)15-31-26(33)24(36-27(31)34)14-19-13-20(28)9-12-23(19)35-16-18-5-3-4-6-22(18)29/h3-14H,2,15-16H2,1H3,(H,30,32)/b24-14-. The van der Waals surface area contributed by atoms with Crippen molar-refractivity contribution in [1.82, 2.24) is 4.90 Å². The molecule has 1 fully saturated rings. The van der Waals surface area contributed by atoms with Crippen molar-refractivity contribution in [1.29, 1.82) is 0 Å². The topological polar surface area (TPSA) is 75.7 Å². The Morgan fingerprint density at radius 1 is 1.11 bits per heavy atom. The number of rotatable bonds is 8. The molecular formula is C27H22BrFN2O4S. The van der Waals surface area contributed by atoms with Crippen LogP contribution < -0.4 is 10.1 Å². The zero-order valence-electron chi connectivity index (χ0n) is 19.3. The minimum Gasteiger partial charge on any atom is -0.488 e. The highest BCUT2D eigenvalue weighted by molar-refractivity contribution is 9.10. The summed E-state index contributed by atoms with van der Waals surface area (Å²) in [5.41, 5.74) is 2.65. The molecule has 3 aromatic carbocycles. The van der Waals surface area contributed by atoms with E-state index in [9.17, 15) is 18.8 Å². The van der Waals surface area contributed by atoms with Crippen LogP contribution in [0.2, 0.25) is 0 Å². The van der Waals surface area contributed by atoms with E-state index in [4.69, 9.17) is 4.74 Å². The molecule has 4 rings (SSSR count). The second-order valence-electron chi connectivity index (χ2n) is 7.93. The number of halogens is 2. The second kappa shape index (κ2) is 11.5. The normalized spacial score (nSPS) is 14.4. The first kappa shape index (κ1) is 25.7. The molecule has 3 aromatic rings. The molecule has 6 nitrogen and oxygen atoms in total. The summed E-state index contributed by atoms with van der Waals surface area (Å²) < 4.78 is 20.5. The van der Waals surface area contributed by atoms with Crippen LogP contribution in [-0.2, 0) is 22.6 Å². The van der Waals surface area contributed by atoms with Gasteiger partial charge >= 0.3 is 0 Å². The van der Waals surface area contributed by atoms with Crippen LogP contribution in [0.15, 0.2) is 76.1 Å². The van der Waals surface area contributed by atoms with Crippen LogP contribution in [0.5, 0.6) is 5.75 Å². The minimum atomic E-state index is -0.568. The van der Waals surface area contributed by atoms with Gasteiger partial charge < -0.3 is 10.1 Å². The highest BCUT2D eigenvalue weighted by Gasteiger charge is 2.36. The average Bonchev–Trinajstić information content (AvgIpc) is 3.12. The maximum Gasteiger partial charge on any atom is 0.294 e. The number of ether oxygens (including phenoxy) is 1. The highest BCUT2D eigenvalue weighted by atomic mass is 79.9. The van der Waals surface area contributed by atoms with Crippen LogP contribution in [0.3, 0.4) is 0 Å². The summed E-state index contributed by atoms with van der Waals surface area (Å²) in [5.74, 6) is -1.00. The quantitative estimate of drug-likeness (QED) is 0.318. The molecule has 0 radical (unpaired) electrons. The zero-order chi connectivity index (χ0) is 25.7. The van der Waals surface area contributed by atoms with E-state index in [0.29, 0.717) is 22.6 Å². The van der Waals surface area contributed by atoms with E-state index in [1.807, 2.05) is 19.1 Å². The van der Waals surface area contributed by atoms with Crippen molar-refractivity contribution in [2.45, 2.75) is 20.0 Å². The molecule has 1 heterocycles. The van der Waals surface area contributed by atoms with Crippen molar-refractivity contribution in [2.75, 3.05) is 11.9 Å². The molecule has 0 spiro atoms. The molecule has 184 valence electrons. The Balaban J connectivity index is 1.47. The molecule has 1 N–H and O–H groups in total. The lowest BCUT2D eigenvalue weighted by Crippen LogP contribution is -2.36. The fourth-order valence-electron chi connectivity index (χ4n) is 3.48. The van der Waals surface area contributed by atoms with E-state index in [2.05, 4.69) is 21.2 Å². The number of benzene rings is 3. The van der Waals surface area contributed by atoms with Crippen molar-refractivity contribution in [2.24, 2.45) is 0 Å². The Kier molecular flexibility index (Phi) is 8.22. The molecule has 1 saturated heterocycles. The van der Waals surface area contributed by atoms with Crippen LogP contribution in [-0.4, -0.2) is 28.5 Å². The monoisotopic (exact) mass is 568 g/mol. The van der Waals surface area contributed by atoms with Crippen molar-refractivity contribution >= 4 is 56.5 Å².